The highest BCUT2D eigenvalue weighted by Gasteiger charge is 2.52. The Labute approximate surface area is 226 Å². The zero-order valence-corrected chi connectivity index (χ0v) is 22.9. The normalized spacial score (nSPS) is 33.3. The smallest absolute Gasteiger partial charge is 0.311 e. The Bertz CT molecular complexity index is 1140. The zero-order valence-electron chi connectivity index (χ0n) is 22.1. The predicted octanol–water partition coefficient (Wildman–Crippen LogP) is 6.36. The number of piperazine rings is 1. The minimum atomic E-state index is -0.0380. The Balaban J connectivity index is 1.15. The Morgan fingerprint density at radius 1 is 1.03 bits per heavy atom. The van der Waals surface area contributed by atoms with E-state index in [4.69, 9.17) is 16.3 Å². The molecule has 0 aromatic heterocycles. The monoisotopic (exact) mass is 518 g/mol. The first-order chi connectivity index (χ1) is 17.9. The zero-order chi connectivity index (χ0) is 25.6. The summed E-state index contributed by atoms with van der Waals surface area (Å²) in [5.41, 5.74) is 4.39. The average Bonchev–Trinajstić information content (AvgIpc) is 3.19. The highest BCUT2D eigenvalue weighted by molar-refractivity contribution is 6.30. The second-order valence-corrected chi connectivity index (χ2v) is 12.5. The van der Waals surface area contributed by atoms with Crippen LogP contribution in [0.15, 0.2) is 66.2 Å². The van der Waals surface area contributed by atoms with E-state index in [1.54, 1.807) is 5.57 Å². The summed E-state index contributed by atoms with van der Waals surface area (Å²) in [6.07, 6.45) is 7.33. The van der Waals surface area contributed by atoms with E-state index >= 15 is 0 Å². The van der Waals surface area contributed by atoms with Gasteiger partial charge in [-0.1, -0.05) is 86.0 Å². The van der Waals surface area contributed by atoms with E-state index in [-0.39, 0.29) is 35.4 Å². The molecule has 37 heavy (non-hydrogen) atoms. The number of carbonyl (C=O) groups is 1. The van der Waals surface area contributed by atoms with Crippen molar-refractivity contribution in [1.29, 1.82) is 0 Å². The molecule has 2 aliphatic heterocycles. The van der Waals surface area contributed by atoms with Crippen LogP contribution in [0.5, 0.6) is 0 Å². The Hall–Kier alpha value is -2.14. The van der Waals surface area contributed by atoms with E-state index in [1.807, 2.05) is 12.1 Å². The maximum Gasteiger partial charge on any atom is 0.311 e. The summed E-state index contributed by atoms with van der Waals surface area (Å²) in [4.78, 5) is 18.1. The maximum absolute atomic E-state index is 13.1. The minimum Gasteiger partial charge on any atom is -0.461 e. The van der Waals surface area contributed by atoms with Crippen molar-refractivity contribution in [2.45, 2.75) is 51.7 Å². The van der Waals surface area contributed by atoms with Crippen LogP contribution >= 0.6 is 11.6 Å². The van der Waals surface area contributed by atoms with Gasteiger partial charge in [0, 0.05) is 43.7 Å². The third-order valence-electron chi connectivity index (χ3n) is 9.61. The van der Waals surface area contributed by atoms with Crippen LogP contribution in [0.4, 0.5) is 0 Å². The lowest BCUT2D eigenvalue weighted by Crippen LogP contribution is -2.50. The molecule has 4 aliphatic rings. The van der Waals surface area contributed by atoms with Crippen molar-refractivity contribution in [1.82, 2.24) is 9.80 Å². The molecule has 0 amide bonds. The summed E-state index contributed by atoms with van der Waals surface area (Å²) in [7, 11) is 0. The van der Waals surface area contributed by atoms with E-state index < -0.39 is 0 Å². The van der Waals surface area contributed by atoms with Gasteiger partial charge in [-0.2, -0.15) is 0 Å². The number of halogens is 1. The highest BCUT2D eigenvalue weighted by atomic mass is 35.5. The van der Waals surface area contributed by atoms with E-state index in [9.17, 15) is 4.79 Å². The van der Waals surface area contributed by atoms with Crippen molar-refractivity contribution in [2.24, 2.45) is 23.2 Å². The van der Waals surface area contributed by atoms with Gasteiger partial charge < -0.3 is 4.74 Å². The number of carbonyl (C=O) groups excluding carboxylic acids is 1. The number of rotatable bonds is 5. The maximum atomic E-state index is 13.1. The lowest BCUT2D eigenvalue weighted by atomic mass is 9.59. The number of benzene rings is 2. The Morgan fingerprint density at radius 2 is 1.73 bits per heavy atom. The van der Waals surface area contributed by atoms with Crippen molar-refractivity contribution < 1.29 is 9.53 Å². The molecule has 1 saturated carbocycles. The first-order valence-electron chi connectivity index (χ1n) is 14.1. The highest BCUT2D eigenvalue weighted by Crippen LogP contribution is 2.54. The molecule has 2 aliphatic carbocycles. The fraction of sp³-hybridized carbons (Fsp3) is 0.531. The second kappa shape index (κ2) is 10.2. The average molecular weight is 519 g/mol. The number of hydrogen-bond acceptors (Lipinski definition) is 4. The summed E-state index contributed by atoms with van der Waals surface area (Å²) in [6, 6.07) is 19.2. The van der Waals surface area contributed by atoms with Gasteiger partial charge in [-0.25, -0.2) is 0 Å². The minimum absolute atomic E-state index is 0.0208. The molecule has 0 N–H and O–H groups in total. The lowest BCUT2D eigenvalue weighted by molar-refractivity contribution is -0.145. The lowest BCUT2D eigenvalue weighted by Gasteiger charge is -2.46. The molecule has 0 radical (unpaired) electrons. The summed E-state index contributed by atoms with van der Waals surface area (Å²) in [6.45, 7) is 9.43. The van der Waals surface area contributed by atoms with Gasteiger partial charge in [-0.15, -0.1) is 0 Å². The van der Waals surface area contributed by atoms with Crippen molar-refractivity contribution in [3.63, 3.8) is 0 Å². The molecule has 2 aromatic carbocycles. The van der Waals surface area contributed by atoms with Gasteiger partial charge in [0.1, 0.15) is 6.10 Å². The summed E-state index contributed by atoms with van der Waals surface area (Å²) >= 11 is 6.20. The third-order valence-corrected chi connectivity index (χ3v) is 9.86. The molecule has 3 fully saturated rings. The summed E-state index contributed by atoms with van der Waals surface area (Å²) in [5, 5.41) is 0.766. The molecule has 2 heterocycles. The van der Waals surface area contributed by atoms with Gasteiger partial charge in [0.15, 0.2) is 0 Å². The van der Waals surface area contributed by atoms with Crippen LogP contribution in [0.25, 0.3) is 0 Å². The van der Waals surface area contributed by atoms with Gasteiger partial charge in [0.2, 0.25) is 0 Å². The Kier molecular flexibility index (Phi) is 6.94. The second-order valence-electron chi connectivity index (χ2n) is 12.0. The van der Waals surface area contributed by atoms with Crippen LogP contribution < -0.4 is 0 Å². The molecule has 0 bridgehead atoms. The first kappa shape index (κ1) is 25.2. The SMILES string of the molecule is CC1CCCC2(C)CC3OC(=O)C(CN4CCN(C(c5ccccc5)c5ccc(Cl)cc5)CC4)C3C=C12. The number of fused-ring (bicyclic) bond motifs is 2. The molecule has 2 aromatic rings. The predicted molar refractivity (Wildman–Crippen MR) is 148 cm³/mol. The number of esters is 1. The van der Waals surface area contributed by atoms with Crippen molar-refractivity contribution >= 4 is 17.6 Å². The van der Waals surface area contributed by atoms with Gasteiger partial charge in [-0.05, 0) is 53.9 Å². The fourth-order valence-corrected chi connectivity index (χ4v) is 7.76. The van der Waals surface area contributed by atoms with Crippen LogP contribution in [-0.2, 0) is 9.53 Å². The van der Waals surface area contributed by atoms with E-state index in [2.05, 4.69) is 72.2 Å². The van der Waals surface area contributed by atoms with Crippen LogP contribution in [-0.4, -0.2) is 54.6 Å². The number of ether oxygens (including phenoxy) is 1. The van der Waals surface area contributed by atoms with E-state index in [1.165, 1.54) is 30.4 Å². The molecule has 2 saturated heterocycles. The molecular weight excluding hydrogens is 480 g/mol. The number of allylic oxidation sites excluding steroid dienone is 1. The standard InChI is InChI=1S/C32H39ClN2O2/c1-22-7-6-14-32(2)20-29-26(19-28(22)32)27(31(36)37-29)21-34-15-17-35(18-16-34)30(23-8-4-3-5-9-23)24-10-12-25(33)13-11-24/h3-5,8-13,19,22,26-27,29-30H,6-7,14-18,20-21H2,1-2H3. The van der Waals surface area contributed by atoms with Gasteiger partial charge in [0.25, 0.3) is 0 Å². The van der Waals surface area contributed by atoms with Crippen LogP contribution in [0.1, 0.15) is 56.7 Å². The van der Waals surface area contributed by atoms with Crippen molar-refractivity contribution in [2.75, 3.05) is 32.7 Å². The van der Waals surface area contributed by atoms with Gasteiger partial charge >= 0.3 is 5.97 Å². The fourth-order valence-electron chi connectivity index (χ4n) is 7.64. The van der Waals surface area contributed by atoms with E-state index in [0.29, 0.717) is 5.92 Å². The van der Waals surface area contributed by atoms with Gasteiger partial charge in [0.05, 0.1) is 12.0 Å². The number of hydrogen-bond donors (Lipinski definition) is 0. The molecular formula is C32H39ClN2O2. The van der Waals surface area contributed by atoms with Crippen LogP contribution in [0.2, 0.25) is 5.02 Å². The topological polar surface area (TPSA) is 32.8 Å². The third kappa shape index (κ3) is 4.89. The summed E-state index contributed by atoms with van der Waals surface area (Å²) < 4.78 is 6.02. The quantitative estimate of drug-likeness (QED) is 0.340. The molecule has 6 unspecified atom stereocenters. The molecule has 4 nitrogen and oxygen atoms in total. The van der Waals surface area contributed by atoms with Crippen LogP contribution in [0, 0.1) is 23.2 Å². The molecule has 5 heteroatoms. The molecule has 6 atom stereocenters. The molecule has 6 rings (SSSR count). The van der Waals surface area contributed by atoms with Crippen molar-refractivity contribution in [3.8, 4) is 0 Å². The summed E-state index contributed by atoms with van der Waals surface area (Å²) in [5.74, 6) is 0.846. The van der Waals surface area contributed by atoms with Gasteiger partial charge in [-0.3, -0.25) is 14.6 Å². The molecule has 196 valence electrons. The largest absolute Gasteiger partial charge is 0.461 e. The first-order valence-corrected chi connectivity index (χ1v) is 14.5. The van der Waals surface area contributed by atoms with Crippen molar-refractivity contribution in [3.05, 3.63) is 82.4 Å². The molecule has 0 spiro atoms. The number of nitrogens with zero attached hydrogens (tertiary/aromatic N) is 2. The van der Waals surface area contributed by atoms with Crippen LogP contribution in [0.3, 0.4) is 0 Å². The van der Waals surface area contributed by atoms with E-state index in [0.717, 1.165) is 44.2 Å². The Morgan fingerprint density at radius 3 is 2.46 bits per heavy atom.